The Morgan fingerprint density at radius 1 is 1.25 bits per heavy atom. The predicted octanol–water partition coefficient (Wildman–Crippen LogP) is 1.40. The average molecular weight is 291 g/mol. The summed E-state index contributed by atoms with van der Waals surface area (Å²) in [5, 5.41) is 0. The van der Waals surface area contributed by atoms with E-state index in [0.29, 0.717) is 5.56 Å². The minimum atomic E-state index is -4.99. The van der Waals surface area contributed by atoms with Crippen LogP contribution < -0.4 is 0 Å². The van der Waals surface area contributed by atoms with E-state index in [1.54, 1.807) is 13.0 Å². The molecule has 0 bridgehead atoms. The van der Waals surface area contributed by atoms with Gasteiger partial charge >= 0.3 is 95.3 Å². The van der Waals surface area contributed by atoms with Gasteiger partial charge in [0.25, 0.3) is 0 Å². The van der Waals surface area contributed by atoms with Crippen molar-refractivity contribution in [2.24, 2.45) is 0 Å². The quantitative estimate of drug-likeness (QED) is 0.787. The van der Waals surface area contributed by atoms with Gasteiger partial charge in [-0.05, 0) is 0 Å². The van der Waals surface area contributed by atoms with Crippen LogP contribution in [0.15, 0.2) is 18.2 Å². The Morgan fingerprint density at radius 3 is 2.44 bits per heavy atom. The fraction of sp³-hybridized carbons (Fsp3) is 0.300. The number of benzene rings is 1. The summed E-state index contributed by atoms with van der Waals surface area (Å²) in [6.07, 6.45) is 0. The van der Waals surface area contributed by atoms with Gasteiger partial charge < -0.3 is 0 Å². The molecule has 0 heterocycles. The van der Waals surface area contributed by atoms with Gasteiger partial charge in [-0.3, -0.25) is 0 Å². The van der Waals surface area contributed by atoms with Crippen LogP contribution in [-0.2, 0) is 15.3 Å². The van der Waals surface area contributed by atoms with Gasteiger partial charge in [-0.25, -0.2) is 0 Å². The number of carbonyl (C=O) groups excluding carboxylic acids is 1. The van der Waals surface area contributed by atoms with Gasteiger partial charge in [0.15, 0.2) is 0 Å². The van der Waals surface area contributed by atoms with E-state index in [4.69, 9.17) is 0 Å². The van der Waals surface area contributed by atoms with Crippen molar-refractivity contribution < 1.29 is 20.1 Å². The van der Waals surface area contributed by atoms with E-state index in [9.17, 15) is 12.5 Å². The molecule has 0 aliphatic carbocycles. The van der Waals surface area contributed by atoms with Crippen molar-refractivity contribution in [3.8, 4) is 0 Å². The topological polar surface area (TPSA) is 69.7 Å². The summed E-state index contributed by atoms with van der Waals surface area (Å²) in [5.74, 6) is -0.909. The molecule has 0 aliphatic rings. The summed E-state index contributed by atoms with van der Waals surface area (Å²) in [6, 6.07) is 4.99. The van der Waals surface area contributed by atoms with E-state index < -0.39 is 19.3 Å². The number of hydrogen-bond donors (Lipinski definition) is 0. The van der Waals surface area contributed by atoms with Crippen LogP contribution >= 0.6 is 0 Å². The minimum absolute atomic E-state index is 0.227. The molecule has 1 aromatic carbocycles. The third-order valence-electron chi connectivity index (χ3n) is 2.21. The number of aryl methyl sites for hydroxylation is 1. The summed E-state index contributed by atoms with van der Waals surface area (Å²) in [7, 11) is 0.955. The van der Waals surface area contributed by atoms with Gasteiger partial charge in [0.2, 0.25) is 0 Å². The normalized spacial score (nSPS) is 11.2. The van der Waals surface area contributed by atoms with Crippen molar-refractivity contribution in [1.82, 2.24) is 0 Å². The molecule has 0 radical (unpaired) electrons. The average Bonchev–Trinajstić information content (AvgIpc) is 2.21. The van der Waals surface area contributed by atoms with E-state index in [2.05, 4.69) is 7.64 Å². The van der Waals surface area contributed by atoms with E-state index in [1.165, 1.54) is 6.07 Å². The molecule has 1 aromatic rings. The molecule has 0 atom stereocenters. The molecule has 0 amide bonds. The second-order valence-corrected chi connectivity index (χ2v) is 5.96. The molecule has 6 heteroatoms. The van der Waals surface area contributed by atoms with Crippen molar-refractivity contribution in [1.29, 1.82) is 0 Å². The maximum atomic E-state index is 11.5. The van der Waals surface area contributed by atoms with Crippen LogP contribution in [0, 0.1) is 13.8 Å². The monoisotopic (exact) mass is 292 g/mol. The van der Waals surface area contributed by atoms with Crippen molar-refractivity contribution in [2.75, 3.05) is 7.11 Å². The summed E-state index contributed by atoms with van der Waals surface area (Å²) in [5.41, 5.74) is 1.81. The fourth-order valence-electron chi connectivity index (χ4n) is 1.14. The molecule has 0 aliphatic heterocycles. The first kappa shape index (κ1) is 12.8. The molecular weight excluding hydrogens is 279 g/mol. The molecule has 0 aromatic heterocycles. The zero-order chi connectivity index (χ0) is 12.3. The van der Waals surface area contributed by atoms with Crippen LogP contribution in [0.5, 0.6) is 0 Å². The predicted molar refractivity (Wildman–Crippen MR) is 55.5 cm³/mol. The van der Waals surface area contributed by atoms with Crippen molar-refractivity contribution >= 4 is 19.3 Å². The Balaban J connectivity index is 3.03. The summed E-state index contributed by atoms with van der Waals surface area (Å²) in [6.45, 7) is 3.54. The van der Waals surface area contributed by atoms with Gasteiger partial charge in [0, 0.05) is 0 Å². The van der Waals surface area contributed by atoms with Gasteiger partial charge in [-0.1, -0.05) is 0 Å². The molecule has 16 heavy (non-hydrogen) atoms. The molecule has 5 nitrogen and oxygen atoms in total. The van der Waals surface area contributed by atoms with Gasteiger partial charge in [0.1, 0.15) is 0 Å². The van der Waals surface area contributed by atoms with Crippen LogP contribution in [0.2, 0.25) is 0 Å². The van der Waals surface area contributed by atoms with Crippen LogP contribution in [0.1, 0.15) is 21.5 Å². The number of carbonyl (C=O) groups is 1. The van der Waals surface area contributed by atoms with Crippen molar-refractivity contribution in [3.63, 3.8) is 0 Å². The van der Waals surface area contributed by atoms with E-state index in [1.807, 2.05) is 13.0 Å². The molecular formula is C10H12O5Se. The van der Waals surface area contributed by atoms with Gasteiger partial charge in [-0.15, -0.1) is 0 Å². The number of hydrogen-bond acceptors (Lipinski definition) is 5. The number of rotatable bonds is 3. The zero-order valence-electron chi connectivity index (χ0n) is 9.18. The Morgan fingerprint density at radius 2 is 1.88 bits per heavy atom. The molecule has 0 unspecified atom stereocenters. The van der Waals surface area contributed by atoms with Gasteiger partial charge in [0.05, 0.1) is 0 Å². The summed E-state index contributed by atoms with van der Waals surface area (Å²) < 4.78 is 30.4. The molecule has 0 fully saturated rings. The summed E-state index contributed by atoms with van der Waals surface area (Å²) in [4.78, 5) is 11.5. The van der Waals surface area contributed by atoms with Crippen molar-refractivity contribution in [3.05, 3.63) is 34.9 Å². The first-order valence-electron chi connectivity index (χ1n) is 4.48. The van der Waals surface area contributed by atoms with Crippen LogP contribution in [0.4, 0.5) is 0 Å². The third kappa shape index (κ3) is 2.88. The molecule has 0 N–H and O–H groups in total. The zero-order valence-corrected chi connectivity index (χ0v) is 10.9. The van der Waals surface area contributed by atoms with Crippen LogP contribution in [0.25, 0.3) is 0 Å². The first-order valence-corrected chi connectivity index (χ1v) is 7.27. The molecule has 0 saturated heterocycles. The van der Waals surface area contributed by atoms with E-state index in [0.717, 1.165) is 12.7 Å². The Labute approximate surface area is 95.6 Å². The Hall–Kier alpha value is -1.23. The molecule has 0 saturated carbocycles. The van der Waals surface area contributed by atoms with E-state index >= 15 is 0 Å². The summed E-state index contributed by atoms with van der Waals surface area (Å²) >= 11 is -4.99. The second-order valence-electron chi connectivity index (χ2n) is 3.19. The molecule has 88 valence electrons. The molecule has 0 spiro atoms. The van der Waals surface area contributed by atoms with Crippen LogP contribution in [0.3, 0.4) is 0 Å². The third-order valence-corrected chi connectivity index (χ3v) is 3.81. The second kappa shape index (κ2) is 4.74. The fourth-order valence-corrected chi connectivity index (χ4v) is 1.86. The van der Waals surface area contributed by atoms with Crippen molar-refractivity contribution in [2.45, 2.75) is 13.8 Å². The molecule has 1 rings (SSSR count). The SMILES string of the molecule is CO[Se](=O)(=O)OC(=O)c1cccc(C)c1C. The standard InChI is InChI=1S/C10H12O5Se/c1-7-5-4-6-9(8(7)2)10(11)15-16(12,13)14-3/h4-6H,1-3H3. The van der Waals surface area contributed by atoms with E-state index in [-0.39, 0.29) is 5.56 Å². The Bertz CT molecular complexity index is 504. The maximum absolute atomic E-state index is 11.5. The van der Waals surface area contributed by atoms with Gasteiger partial charge in [-0.2, -0.15) is 0 Å². The first-order chi connectivity index (χ1) is 7.37. The van der Waals surface area contributed by atoms with Crippen LogP contribution in [-0.4, -0.2) is 26.4 Å². The Kier molecular flexibility index (Phi) is 3.80.